The first-order chi connectivity index (χ1) is 15.8. The predicted molar refractivity (Wildman–Crippen MR) is 132 cm³/mol. The van der Waals surface area contributed by atoms with Gasteiger partial charge in [0.1, 0.15) is 11.0 Å². The Kier molecular flexibility index (Phi) is 6.61. The Morgan fingerprint density at radius 1 is 0.970 bits per heavy atom. The van der Waals surface area contributed by atoms with Crippen molar-refractivity contribution in [1.29, 1.82) is 0 Å². The molecule has 0 unspecified atom stereocenters. The van der Waals surface area contributed by atoms with Gasteiger partial charge in [0.05, 0.1) is 12.1 Å². The summed E-state index contributed by atoms with van der Waals surface area (Å²) in [6.45, 7) is 6.53. The standard InChI is InChI=1S/C27H25ClFN3O/c1-17-12-19(3)25-21(13-17)14-22(26(28)31-25)16-32(15-20-8-10-23(29)11-9-20)27(33)30-24-7-5-4-6-18(24)2/h4-14H,15-16H2,1-3H3,(H,30,33). The predicted octanol–water partition coefficient (Wildman–Crippen LogP) is 7.19. The van der Waals surface area contributed by atoms with E-state index in [4.69, 9.17) is 11.6 Å². The molecule has 0 spiro atoms. The fourth-order valence-electron chi connectivity index (χ4n) is 3.91. The van der Waals surface area contributed by atoms with Crippen LogP contribution in [0.4, 0.5) is 14.9 Å². The molecular formula is C27H25ClFN3O. The molecule has 0 radical (unpaired) electrons. The quantitative estimate of drug-likeness (QED) is 0.320. The van der Waals surface area contributed by atoms with Gasteiger partial charge in [0.15, 0.2) is 0 Å². The van der Waals surface area contributed by atoms with Crippen LogP contribution < -0.4 is 5.32 Å². The zero-order valence-corrected chi connectivity index (χ0v) is 19.6. The number of anilines is 1. The number of amides is 2. The molecule has 1 heterocycles. The maximum Gasteiger partial charge on any atom is 0.322 e. The Balaban J connectivity index is 1.68. The van der Waals surface area contributed by atoms with Crippen LogP contribution in [0.25, 0.3) is 10.9 Å². The molecular weight excluding hydrogens is 437 g/mol. The number of urea groups is 1. The summed E-state index contributed by atoms with van der Waals surface area (Å²) in [4.78, 5) is 19.6. The second kappa shape index (κ2) is 9.59. The number of rotatable bonds is 5. The molecule has 0 aliphatic carbocycles. The smallest absolute Gasteiger partial charge is 0.316 e. The van der Waals surface area contributed by atoms with Crippen LogP contribution in [0.15, 0.2) is 66.7 Å². The minimum absolute atomic E-state index is 0.254. The van der Waals surface area contributed by atoms with Gasteiger partial charge < -0.3 is 10.2 Å². The van der Waals surface area contributed by atoms with Crippen molar-refractivity contribution < 1.29 is 9.18 Å². The van der Waals surface area contributed by atoms with Gasteiger partial charge in [-0.3, -0.25) is 0 Å². The summed E-state index contributed by atoms with van der Waals surface area (Å²) in [5, 5.41) is 4.33. The molecule has 0 bridgehead atoms. The molecule has 33 heavy (non-hydrogen) atoms. The third-order valence-electron chi connectivity index (χ3n) is 5.60. The largest absolute Gasteiger partial charge is 0.322 e. The molecule has 0 aliphatic heterocycles. The van der Waals surface area contributed by atoms with Crippen molar-refractivity contribution in [3.8, 4) is 0 Å². The number of pyridine rings is 1. The van der Waals surface area contributed by atoms with Gasteiger partial charge in [-0.15, -0.1) is 0 Å². The van der Waals surface area contributed by atoms with E-state index >= 15 is 0 Å². The fourth-order valence-corrected chi connectivity index (χ4v) is 4.11. The van der Waals surface area contributed by atoms with Crippen LogP contribution in [-0.2, 0) is 13.1 Å². The summed E-state index contributed by atoms with van der Waals surface area (Å²) < 4.78 is 13.4. The highest BCUT2D eigenvalue weighted by Gasteiger charge is 2.18. The van der Waals surface area contributed by atoms with Gasteiger partial charge in [0.25, 0.3) is 0 Å². The molecule has 4 nitrogen and oxygen atoms in total. The summed E-state index contributed by atoms with van der Waals surface area (Å²) in [6, 6.07) is 19.6. The van der Waals surface area contributed by atoms with Gasteiger partial charge in [0, 0.05) is 23.2 Å². The maximum atomic E-state index is 13.4. The lowest BCUT2D eigenvalue weighted by atomic mass is 10.1. The van der Waals surface area contributed by atoms with E-state index in [9.17, 15) is 9.18 Å². The molecule has 0 saturated heterocycles. The summed E-state index contributed by atoms with van der Waals surface area (Å²) >= 11 is 6.55. The summed E-state index contributed by atoms with van der Waals surface area (Å²) in [7, 11) is 0. The average molecular weight is 462 g/mol. The Labute approximate surface area is 198 Å². The van der Waals surface area contributed by atoms with Crippen LogP contribution in [0.2, 0.25) is 5.15 Å². The highest BCUT2D eigenvalue weighted by atomic mass is 35.5. The first-order valence-electron chi connectivity index (χ1n) is 10.7. The number of carbonyl (C=O) groups excluding carboxylic acids is 1. The van der Waals surface area contributed by atoms with Crippen molar-refractivity contribution in [2.45, 2.75) is 33.9 Å². The second-order valence-electron chi connectivity index (χ2n) is 8.32. The number of nitrogens with zero attached hydrogens (tertiary/aromatic N) is 2. The topological polar surface area (TPSA) is 45.2 Å². The van der Waals surface area contributed by atoms with E-state index < -0.39 is 0 Å². The van der Waals surface area contributed by atoms with Crippen LogP contribution in [0.3, 0.4) is 0 Å². The second-order valence-corrected chi connectivity index (χ2v) is 8.68. The highest BCUT2D eigenvalue weighted by molar-refractivity contribution is 6.30. The number of benzene rings is 3. The van der Waals surface area contributed by atoms with Gasteiger partial charge >= 0.3 is 6.03 Å². The number of hydrogen-bond donors (Lipinski definition) is 1. The SMILES string of the molecule is Cc1cc(C)c2nc(Cl)c(CN(Cc3ccc(F)cc3)C(=O)Nc3ccccc3C)cc2c1. The summed E-state index contributed by atoms with van der Waals surface area (Å²) in [6.07, 6.45) is 0. The number of aryl methyl sites for hydroxylation is 3. The fraction of sp³-hybridized carbons (Fsp3) is 0.185. The van der Waals surface area contributed by atoms with E-state index in [0.717, 1.165) is 44.4 Å². The molecule has 6 heteroatoms. The number of para-hydroxylation sites is 1. The lowest BCUT2D eigenvalue weighted by Crippen LogP contribution is -2.34. The van der Waals surface area contributed by atoms with Crippen molar-refractivity contribution in [2.24, 2.45) is 0 Å². The zero-order valence-electron chi connectivity index (χ0n) is 18.8. The summed E-state index contributed by atoms with van der Waals surface area (Å²) in [5.41, 5.74) is 6.30. The molecule has 4 rings (SSSR count). The molecule has 0 fully saturated rings. The van der Waals surface area contributed by atoms with E-state index in [2.05, 4.69) is 22.4 Å². The Morgan fingerprint density at radius 3 is 2.42 bits per heavy atom. The van der Waals surface area contributed by atoms with Crippen molar-refractivity contribution in [2.75, 3.05) is 5.32 Å². The first kappa shape index (κ1) is 22.7. The normalized spacial score (nSPS) is 10.9. The molecule has 0 aliphatic rings. The number of nitrogens with one attached hydrogen (secondary N) is 1. The van der Waals surface area contributed by atoms with Gasteiger partial charge in [-0.05, 0) is 67.8 Å². The highest BCUT2D eigenvalue weighted by Crippen LogP contribution is 2.26. The third-order valence-corrected chi connectivity index (χ3v) is 5.93. The number of hydrogen-bond acceptors (Lipinski definition) is 2. The van der Waals surface area contributed by atoms with Crippen LogP contribution in [0.5, 0.6) is 0 Å². The number of halogens is 2. The molecule has 1 N–H and O–H groups in total. The van der Waals surface area contributed by atoms with Gasteiger partial charge in [-0.2, -0.15) is 0 Å². The van der Waals surface area contributed by atoms with Gasteiger partial charge in [-0.1, -0.05) is 53.6 Å². The van der Waals surface area contributed by atoms with E-state index in [0.29, 0.717) is 11.7 Å². The molecule has 2 amide bonds. The van der Waals surface area contributed by atoms with Crippen molar-refractivity contribution in [3.63, 3.8) is 0 Å². The van der Waals surface area contributed by atoms with Crippen LogP contribution >= 0.6 is 11.6 Å². The third kappa shape index (κ3) is 5.32. The lowest BCUT2D eigenvalue weighted by molar-refractivity contribution is 0.206. The Morgan fingerprint density at radius 2 is 1.70 bits per heavy atom. The van der Waals surface area contributed by atoms with Crippen molar-refractivity contribution >= 4 is 34.2 Å². The number of fused-ring (bicyclic) bond motifs is 1. The van der Waals surface area contributed by atoms with E-state index in [1.54, 1.807) is 17.0 Å². The molecule has 1 aromatic heterocycles. The van der Waals surface area contributed by atoms with Gasteiger partial charge in [0.2, 0.25) is 0 Å². The number of carbonyl (C=O) groups is 1. The molecule has 4 aromatic rings. The van der Waals surface area contributed by atoms with E-state index in [-0.39, 0.29) is 18.4 Å². The summed E-state index contributed by atoms with van der Waals surface area (Å²) in [5.74, 6) is -0.317. The van der Waals surface area contributed by atoms with Crippen LogP contribution in [0, 0.1) is 26.6 Å². The Hall–Kier alpha value is -3.44. The Bertz CT molecular complexity index is 1320. The molecule has 0 atom stereocenters. The lowest BCUT2D eigenvalue weighted by Gasteiger charge is -2.24. The van der Waals surface area contributed by atoms with Crippen molar-refractivity contribution in [1.82, 2.24) is 9.88 Å². The van der Waals surface area contributed by atoms with E-state index in [1.165, 1.54) is 12.1 Å². The molecule has 168 valence electrons. The molecule has 0 saturated carbocycles. The van der Waals surface area contributed by atoms with Gasteiger partial charge in [-0.25, -0.2) is 14.2 Å². The van der Waals surface area contributed by atoms with Crippen molar-refractivity contribution in [3.05, 3.63) is 106 Å². The van der Waals surface area contributed by atoms with Crippen LogP contribution in [-0.4, -0.2) is 15.9 Å². The monoisotopic (exact) mass is 461 g/mol. The minimum Gasteiger partial charge on any atom is -0.316 e. The average Bonchev–Trinajstić information content (AvgIpc) is 2.77. The first-order valence-corrected chi connectivity index (χ1v) is 11.1. The maximum absolute atomic E-state index is 13.4. The van der Waals surface area contributed by atoms with E-state index in [1.807, 2.05) is 51.1 Å². The minimum atomic E-state index is -0.317. The van der Waals surface area contributed by atoms with Crippen LogP contribution in [0.1, 0.15) is 27.8 Å². The number of aromatic nitrogens is 1. The zero-order chi connectivity index (χ0) is 23.5. The molecule has 3 aromatic carbocycles.